The average Bonchev–Trinajstić information content (AvgIpc) is 2.15. The summed E-state index contributed by atoms with van der Waals surface area (Å²) in [7, 11) is 0. The molecule has 2 rings (SSSR count). The number of benzene rings is 1. The Balaban J connectivity index is 2.66. The van der Waals surface area contributed by atoms with Gasteiger partial charge in [0.2, 0.25) is 0 Å². The summed E-state index contributed by atoms with van der Waals surface area (Å²) in [5.74, 6) is 1.43. The topological polar surface area (TPSA) is 29.5 Å². The standard InChI is InChI=1S/C11H10O2/c1-7-8(2)13-10-6-4-3-5-9(10)11(7)12/h3-6,12H,2H2,1H3. The van der Waals surface area contributed by atoms with Gasteiger partial charge in [-0.15, -0.1) is 0 Å². The Labute approximate surface area is 76.8 Å². The molecule has 0 saturated heterocycles. The van der Waals surface area contributed by atoms with Gasteiger partial charge in [0.05, 0.1) is 5.56 Å². The number of allylic oxidation sites excluding steroid dienone is 1. The molecule has 0 bridgehead atoms. The molecule has 0 saturated carbocycles. The molecular weight excluding hydrogens is 164 g/mol. The summed E-state index contributed by atoms with van der Waals surface area (Å²) in [5.41, 5.74) is 1.42. The minimum Gasteiger partial charge on any atom is -0.507 e. The average molecular weight is 174 g/mol. The quantitative estimate of drug-likeness (QED) is 0.655. The molecule has 0 unspecified atom stereocenters. The molecule has 0 aliphatic carbocycles. The van der Waals surface area contributed by atoms with Crippen molar-refractivity contribution >= 4 is 5.76 Å². The number of rotatable bonds is 0. The van der Waals surface area contributed by atoms with Crippen LogP contribution in [-0.4, -0.2) is 5.11 Å². The summed E-state index contributed by atoms with van der Waals surface area (Å²) in [4.78, 5) is 0. The van der Waals surface area contributed by atoms with Gasteiger partial charge in [-0.3, -0.25) is 0 Å². The molecule has 0 spiro atoms. The fourth-order valence-electron chi connectivity index (χ4n) is 1.29. The highest BCUT2D eigenvalue weighted by molar-refractivity contribution is 5.72. The first-order valence-corrected chi connectivity index (χ1v) is 4.06. The lowest BCUT2D eigenvalue weighted by atomic mass is 10.0. The molecular formula is C11H10O2. The predicted octanol–water partition coefficient (Wildman–Crippen LogP) is 2.88. The van der Waals surface area contributed by atoms with Crippen molar-refractivity contribution in [3.8, 4) is 5.75 Å². The molecule has 1 aromatic carbocycles. The fourth-order valence-corrected chi connectivity index (χ4v) is 1.29. The molecule has 2 heteroatoms. The van der Waals surface area contributed by atoms with E-state index in [0.717, 1.165) is 5.56 Å². The van der Waals surface area contributed by atoms with Gasteiger partial charge in [-0.05, 0) is 19.1 Å². The summed E-state index contributed by atoms with van der Waals surface area (Å²) in [6.45, 7) is 5.49. The van der Waals surface area contributed by atoms with Gasteiger partial charge >= 0.3 is 0 Å². The van der Waals surface area contributed by atoms with Gasteiger partial charge in [0.15, 0.2) is 0 Å². The van der Waals surface area contributed by atoms with Crippen LogP contribution in [-0.2, 0) is 0 Å². The van der Waals surface area contributed by atoms with Crippen LogP contribution in [0.15, 0.2) is 42.2 Å². The molecule has 0 fully saturated rings. The molecule has 1 heterocycles. The zero-order chi connectivity index (χ0) is 9.42. The smallest absolute Gasteiger partial charge is 0.138 e. The number of aliphatic hydroxyl groups is 1. The van der Waals surface area contributed by atoms with E-state index in [4.69, 9.17) is 4.74 Å². The van der Waals surface area contributed by atoms with Crippen LogP contribution in [0, 0.1) is 0 Å². The first-order valence-electron chi connectivity index (χ1n) is 4.06. The molecule has 1 aliphatic heterocycles. The van der Waals surface area contributed by atoms with Crippen molar-refractivity contribution in [1.82, 2.24) is 0 Å². The highest BCUT2D eigenvalue weighted by atomic mass is 16.5. The van der Waals surface area contributed by atoms with E-state index in [1.165, 1.54) is 0 Å². The maximum atomic E-state index is 9.74. The normalized spacial score (nSPS) is 15.3. The van der Waals surface area contributed by atoms with Gasteiger partial charge in [0.1, 0.15) is 17.3 Å². The van der Waals surface area contributed by atoms with Crippen molar-refractivity contribution in [1.29, 1.82) is 0 Å². The minimum absolute atomic E-state index is 0.256. The lowest BCUT2D eigenvalue weighted by molar-refractivity contribution is 0.409. The summed E-state index contributed by atoms with van der Waals surface area (Å²) < 4.78 is 5.40. The maximum absolute atomic E-state index is 9.74. The molecule has 0 radical (unpaired) electrons. The Morgan fingerprint density at radius 3 is 2.77 bits per heavy atom. The van der Waals surface area contributed by atoms with Gasteiger partial charge in [-0.25, -0.2) is 0 Å². The molecule has 1 N–H and O–H groups in total. The second kappa shape index (κ2) is 2.66. The molecule has 1 aromatic rings. The van der Waals surface area contributed by atoms with Crippen LogP contribution < -0.4 is 4.74 Å². The lowest BCUT2D eigenvalue weighted by Gasteiger charge is -2.19. The van der Waals surface area contributed by atoms with Crippen molar-refractivity contribution in [2.75, 3.05) is 0 Å². The number of aliphatic hydroxyl groups excluding tert-OH is 1. The second-order valence-electron chi connectivity index (χ2n) is 3.00. The van der Waals surface area contributed by atoms with E-state index in [0.29, 0.717) is 17.1 Å². The van der Waals surface area contributed by atoms with Crippen LogP contribution in [0.4, 0.5) is 0 Å². The van der Waals surface area contributed by atoms with Gasteiger partial charge in [-0.2, -0.15) is 0 Å². The summed E-state index contributed by atoms with van der Waals surface area (Å²) in [6, 6.07) is 7.35. The third kappa shape index (κ3) is 1.11. The fraction of sp³-hybridized carbons (Fsp3) is 0.0909. The Morgan fingerprint density at radius 2 is 2.00 bits per heavy atom. The van der Waals surface area contributed by atoms with Gasteiger partial charge < -0.3 is 9.84 Å². The van der Waals surface area contributed by atoms with Crippen LogP contribution in [0.25, 0.3) is 5.76 Å². The number of ether oxygens (including phenoxy) is 1. The molecule has 0 atom stereocenters. The maximum Gasteiger partial charge on any atom is 0.138 e. The zero-order valence-electron chi connectivity index (χ0n) is 7.37. The Kier molecular flexibility index (Phi) is 1.62. The van der Waals surface area contributed by atoms with Crippen LogP contribution in [0.2, 0.25) is 0 Å². The largest absolute Gasteiger partial charge is 0.507 e. The summed E-state index contributed by atoms with van der Waals surface area (Å²) in [6.07, 6.45) is 0. The van der Waals surface area contributed by atoms with Gasteiger partial charge in [0, 0.05) is 5.57 Å². The van der Waals surface area contributed by atoms with E-state index in [2.05, 4.69) is 6.58 Å². The molecule has 2 nitrogen and oxygen atoms in total. The van der Waals surface area contributed by atoms with Crippen LogP contribution in [0.5, 0.6) is 5.75 Å². The summed E-state index contributed by atoms with van der Waals surface area (Å²) >= 11 is 0. The van der Waals surface area contributed by atoms with Crippen molar-refractivity contribution in [2.45, 2.75) is 6.92 Å². The van der Waals surface area contributed by atoms with E-state index in [-0.39, 0.29) is 5.76 Å². The molecule has 0 amide bonds. The third-order valence-corrected chi connectivity index (χ3v) is 2.15. The number of para-hydroxylation sites is 1. The van der Waals surface area contributed by atoms with E-state index < -0.39 is 0 Å². The number of fused-ring (bicyclic) bond motifs is 1. The molecule has 1 aliphatic rings. The lowest BCUT2D eigenvalue weighted by Crippen LogP contribution is -2.06. The number of hydrogen-bond donors (Lipinski definition) is 1. The first kappa shape index (κ1) is 7.92. The highest BCUT2D eigenvalue weighted by Gasteiger charge is 2.18. The van der Waals surface area contributed by atoms with Gasteiger partial charge in [-0.1, -0.05) is 18.7 Å². The van der Waals surface area contributed by atoms with Crippen molar-refractivity contribution in [2.24, 2.45) is 0 Å². The Bertz CT molecular complexity index is 402. The molecule has 66 valence electrons. The van der Waals surface area contributed by atoms with E-state index >= 15 is 0 Å². The first-order chi connectivity index (χ1) is 6.20. The van der Waals surface area contributed by atoms with Crippen LogP contribution in [0.1, 0.15) is 12.5 Å². The minimum atomic E-state index is 0.256. The van der Waals surface area contributed by atoms with Gasteiger partial charge in [0.25, 0.3) is 0 Å². The summed E-state index contributed by atoms with van der Waals surface area (Å²) in [5, 5.41) is 9.74. The second-order valence-corrected chi connectivity index (χ2v) is 3.00. The third-order valence-electron chi connectivity index (χ3n) is 2.15. The molecule has 0 aromatic heterocycles. The highest BCUT2D eigenvalue weighted by Crippen LogP contribution is 2.34. The van der Waals surface area contributed by atoms with Crippen molar-refractivity contribution in [3.05, 3.63) is 47.7 Å². The predicted molar refractivity (Wildman–Crippen MR) is 51.4 cm³/mol. The van der Waals surface area contributed by atoms with E-state index in [9.17, 15) is 5.11 Å². The monoisotopic (exact) mass is 174 g/mol. The van der Waals surface area contributed by atoms with Crippen molar-refractivity contribution < 1.29 is 9.84 Å². The Morgan fingerprint density at radius 1 is 1.31 bits per heavy atom. The van der Waals surface area contributed by atoms with Crippen LogP contribution in [0.3, 0.4) is 0 Å². The number of hydrogen-bond acceptors (Lipinski definition) is 2. The van der Waals surface area contributed by atoms with Crippen molar-refractivity contribution in [3.63, 3.8) is 0 Å². The van der Waals surface area contributed by atoms with E-state index in [1.54, 1.807) is 6.92 Å². The molecule has 13 heavy (non-hydrogen) atoms. The zero-order valence-corrected chi connectivity index (χ0v) is 7.37. The van der Waals surface area contributed by atoms with Crippen LogP contribution >= 0.6 is 0 Å². The SMILES string of the molecule is C=C1Oc2ccccc2C(O)=C1C. The van der Waals surface area contributed by atoms with E-state index in [1.807, 2.05) is 24.3 Å². The Hall–Kier alpha value is -1.70.